The molecule has 0 unspecified atom stereocenters. The zero-order valence-electron chi connectivity index (χ0n) is 10.9. The van der Waals surface area contributed by atoms with Gasteiger partial charge < -0.3 is 0 Å². The van der Waals surface area contributed by atoms with Crippen LogP contribution in [0.1, 0.15) is 21.7 Å². The summed E-state index contributed by atoms with van der Waals surface area (Å²) in [4.78, 5) is 20.0. The summed E-state index contributed by atoms with van der Waals surface area (Å²) in [6, 6.07) is 5.82. The Bertz CT molecular complexity index is 622. The van der Waals surface area contributed by atoms with Crippen LogP contribution in [-0.4, -0.2) is 15.9 Å². The van der Waals surface area contributed by atoms with Crippen molar-refractivity contribution in [2.45, 2.75) is 13.8 Å². The van der Waals surface area contributed by atoms with Gasteiger partial charge in [-0.1, -0.05) is 17.7 Å². The lowest BCUT2D eigenvalue weighted by atomic mass is 10.2. The number of rotatable bonds is 3. The molecule has 0 fully saturated rings. The van der Waals surface area contributed by atoms with Crippen LogP contribution in [0, 0.1) is 19.7 Å². The minimum Gasteiger partial charge on any atom is -0.267 e. The molecule has 0 aliphatic heterocycles. The summed E-state index contributed by atoms with van der Waals surface area (Å²) in [5, 5.41) is 0.0330. The van der Waals surface area contributed by atoms with Crippen molar-refractivity contribution in [2.75, 3.05) is 5.43 Å². The molecule has 0 saturated carbocycles. The lowest BCUT2D eigenvalue weighted by Gasteiger charge is -2.09. The molecule has 0 saturated heterocycles. The van der Waals surface area contributed by atoms with Crippen molar-refractivity contribution in [3.8, 4) is 0 Å². The van der Waals surface area contributed by atoms with Gasteiger partial charge in [-0.15, -0.1) is 0 Å². The van der Waals surface area contributed by atoms with E-state index in [-0.39, 0.29) is 16.5 Å². The summed E-state index contributed by atoms with van der Waals surface area (Å²) < 4.78 is 13.6. The molecule has 0 aliphatic carbocycles. The number of carbonyl (C=O) groups excluding carboxylic acids is 1. The smallest absolute Gasteiger partial charge is 0.267 e. The molecule has 1 amide bonds. The predicted octanol–water partition coefficient (Wildman–Crippen LogP) is 2.64. The molecule has 2 N–H and O–H groups in total. The first-order chi connectivity index (χ1) is 9.47. The molecule has 2 aromatic rings. The lowest BCUT2D eigenvalue weighted by Crippen LogP contribution is -2.31. The van der Waals surface area contributed by atoms with Crippen molar-refractivity contribution in [3.05, 3.63) is 52.1 Å². The predicted molar refractivity (Wildman–Crippen MR) is 74.0 cm³/mol. The molecule has 1 heterocycles. The number of amides is 1. The van der Waals surface area contributed by atoms with E-state index in [1.54, 1.807) is 19.9 Å². The Morgan fingerprint density at radius 1 is 1.25 bits per heavy atom. The number of aromatic nitrogens is 2. The lowest BCUT2D eigenvalue weighted by molar-refractivity contribution is 0.0958. The third-order valence-corrected chi connectivity index (χ3v) is 2.77. The third-order valence-electron chi connectivity index (χ3n) is 2.46. The van der Waals surface area contributed by atoms with Crippen molar-refractivity contribution in [1.29, 1.82) is 0 Å². The van der Waals surface area contributed by atoms with Crippen molar-refractivity contribution in [3.63, 3.8) is 0 Å². The number of anilines is 1. The fourth-order valence-corrected chi connectivity index (χ4v) is 1.92. The van der Waals surface area contributed by atoms with Crippen molar-refractivity contribution < 1.29 is 9.18 Å². The van der Waals surface area contributed by atoms with Crippen molar-refractivity contribution >= 4 is 23.5 Å². The number of aryl methyl sites for hydroxylation is 2. The molecule has 5 nitrogen and oxygen atoms in total. The van der Waals surface area contributed by atoms with Gasteiger partial charge in [-0.3, -0.25) is 15.6 Å². The van der Waals surface area contributed by atoms with E-state index in [1.165, 1.54) is 12.1 Å². The van der Waals surface area contributed by atoms with Gasteiger partial charge in [0.25, 0.3) is 5.91 Å². The van der Waals surface area contributed by atoms with Gasteiger partial charge >= 0.3 is 0 Å². The summed E-state index contributed by atoms with van der Waals surface area (Å²) in [5.74, 6) is -1.17. The quantitative estimate of drug-likeness (QED) is 0.854. The first kappa shape index (κ1) is 14.2. The fraction of sp³-hybridized carbons (Fsp3) is 0.154. The highest BCUT2D eigenvalue weighted by atomic mass is 35.5. The van der Waals surface area contributed by atoms with E-state index >= 15 is 0 Å². The normalized spacial score (nSPS) is 10.2. The van der Waals surface area contributed by atoms with Crippen LogP contribution in [0.25, 0.3) is 0 Å². The van der Waals surface area contributed by atoms with Gasteiger partial charge in [0.2, 0.25) is 5.95 Å². The minimum absolute atomic E-state index is 0.0330. The SMILES string of the molecule is Cc1cc(C)nc(NNC(=O)c2c(F)cccc2Cl)n1. The van der Waals surface area contributed by atoms with Gasteiger partial charge in [-0.25, -0.2) is 14.4 Å². The molecule has 0 radical (unpaired) electrons. The third kappa shape index (κ3) is 3.21. The highest BCUT2D eigenvalue weighted by Gasteiger charge is 2.15. The molecular weight excluding hydrogens is 283 g/mol. The maximum atomic E-state index is 13.6. The van der Waals surface area contributed by atoms with Gasteiger partial charge in [-0.2, -0.15) is 0 Å². The van der Waals surface area contributed by atoms with Crippen LogP contribution in [0.3, 0.4) is 0 Å². The molecule has 0 spiro atoms. The Labute approximate surface area is 120 Å². The second kappa shape index (κ2) is 5.83. The molecule has 1 aromatic carbocycles. The number of nitrogens with one attached hydrogen (secondary N) is 2. The minimum atomic E-state index is -0.698. The van der Waals surface area contributed by atoms with Gasteiger partial charge in [0.1, 0.15) is 5.82 Å². The van der Waals surface area contributed by atoms with Crippen molar-refractivity contribution in [1.82, 2.24) is 15.4 Å². The molecule has 0 bridgehead atoms. The molecule has 0 aliphatic rings. The maximum absolute atomic E-state index is 13.6. The largest absolute Gasteiger partial charge is 0.274 e. The zero-order chi connectivity index (χ0) is 14.7. The highest BCUT2D eigenvalue weighted by Crippen LogP contribution is 2.18. The number of hydrogen-bond donors (Lipinski definition) is 2. The Hall–Kier alpha value is -2.21. The van der Waals surface area contributed by atoms with Crippen LogP contribution in [0.15, 0.2) is 24.3 Å². The van der Waals surface area contributed by atoms with E-state index in [2.05, 4.69) is 20.8 Å². The summed E-state index contributed by atoms with van der Waals surface area (Å²) >= 11 is 5.80. The average molecular weight is 295 g/mol. The molecule has 7 heteroatoms. The molecule has 0 atom stereocenters. The second-order valence-electron chi connectivity index (χ2n) is 4.15. The topological polar surface area (TPSA) is 66.9 Å². The monoisotopic (exact) mass is 294 g/mol. The number of halogens is 2. The second-order valence-corrected chi connectivity index (χ2v) is 4.56. The number of hydrogen-bond acceptors (Lipinski definition) is 4. The van der Waals surface area contributed by atoms with Gasteiger partial charge in [0.15, 0.2) is 0 Å². The van der Waals surface area contributed by atoms with Gasteiger partial charge in [0.05, 0.1) is 10.6 Å². The highest BCUT2D eigenvalue weighted by molar-refractivity contribution is 6.33. The van der Waals surface area contributed by atoms with E-state index in [0.29, 0.717) is 0 Å². The maximum Gasteiger partial charge on any atom is 0.274 e. The van der Waals surface area contributed by atoms with E-state index in [9.17, 15) is 9.18 Å². The summed E-state index contributed by atoms with van der Waals surface area (Å²) in [6.07, 6.45) is 0. The molecular formula is C13H12ClFN4O. The van der Waals surface area contributed by atoms with E-state index < -0.39 is 11.7 Å². The standard InChI is InChI=1S/C13H12ClFN4O/c1-7-6-8(2)17-13(16-7)19-18-12(20)11-9(14)4-3-5-10(11)15/h3-6H,1-2H3,(H,18,20)(H,16,17,19). The van der Waals surface area contributed by atoms with Gasteiger partial charge in [0, 0.05) is 11.4 Å². The van der Waals surface area contributed by atoms with Crippen LogP contribution in [0.4, 0.5) is 10.3 Å². The number of carbonyl (C=O) groups is 1. The first-order valence-electron chi connectivity index (χ1n) is 5.80. The zero-order valence-corrected chi connectivity index (χ0v) is 11.6. The average Bonchev–Trinajstić information content (AvgIpc) is 2.35. The Kier molecular flexibility index (Phi) is 4.14. The molecule has 2 rings (SSSR count). The molecule has 20 heavy (non-hydrogen) atoms. The Morgan fingerprint density at radius 3 is 2.50 bits per heavy atom. The van der Waals surface area contributed by atoms with Crippen LogP contribution >= 0.6 is 11.6 Å². The van der Waals surface area contributed by atoms with E-state index in [0.717, 1.165) is 17.5 Å². The summed E-state index contributed by atoms with van der Waals surface area (Å²) in [7, 11) is 0. The van der Waals surface area contributed by atoms with Gasteiger partial charge in [-0.05, 0) is 32.0 Å². The van der Waals surface area contributed by atoms with Crippen LogP contribution in [-0.2, 0) is 0 Å². The van der Waals surface area contributed by atoms with Crippen LogP contribution < -0.4 is 10.9 Å². The molecule has 104 valence electrons. The van der Waals surface area contributed by atoms with E-state index in [1.807, 2.05) is 0 Å². The Morgan fingerprint density at radius 2 is 1.90 bits per heavy atom. The number of nitrogens with zero attached hydrogens (tertiary/aromatic N) is 2. The van der Waals surface area contributed by atoms with Crippen molar-refractivity contribution in [2.24, 2.45) is 0 Å². The first-order valence-corrected chi connectivity index (χ1v) is 6.18. The molecule has 1 aromatic heterocycles. The fourth-order valence-electron chi connectivity index (χ4n) is 1.67. The summed E-state index contributed by atoms with van der Waals surface area (Å²) in [6.45, 7) is 3.60. The Balaban J connectivity index is 2.13. The van der Waals surface area contributed by atoms with Crippen LogP contribution in [0.5, 0.6) is 0 Å². The number of hydrazine groups is 1. The van der Waals surface area contributed by atoms with E-state index in [4.69, 9.17) is 11.6 Å². The van der Waals surface area contributed by atoms with Crippen LogP contribution in [0.2, 0.25) is 5.02 Å². The number of benzene rings is 1. The summed E-state index contributed by atoms with van der Waals surface area (Å²) in [5.41, 5.74) is 6.11.